The minimum Gasteiger partial charge on any atom is -0.496 e. The zero-order valence-electron chi connectivity index (χ0n) is 16.6. The van der Waals surface area contributed by atoms with Gasteiger partial charge in [0.1, 0.15) is 11.1 Å². The summed E-state index contributed by atoms with van der Waals surface area (Å²) in [6.07, 6.45) is 0. The van der Waals surface area contributed by atoms with Crippen molar-refractivity contribution in [2.24, 2.45) is 7.05 Å². The third-order valence-electron chi connectivity index (χ3n) is 5.27. The molecule has 0 fully saturated rings. The van der Waals surface area contributed by atoms with Crippen molar-refractivity contribution in [1.29, 1.82) is 0 Å². The molecule has 28 heavy (non-hydrogen) atoms. The molecule has 144 valence electrons. The first-order valence-corrected chi connectivity index (χ1v) is 9.31. The molecule has 1 N–H and O–H groups in total. The molecular weight excluding hydrogens is 352 g/mol. The van der Waals surface area contributed by atoms with E-state index in [0.717, 1.165) is 22.5 Å². The smallest absolute Gasteiger partial charge is 0.181 e. The van der Waals surface area contributed by atoms with Crippen LogP contribution in [0.1, 0.15) is 28.4 Å². The van der Waals surface area contributed by atoms with E-state index in [0.29, 0.717) is 17.9 Å². The maximum Gasteiger partial charge on any atom is 0.181 e. The lowest BCUT2D eigenvalue weighted by molar-refractivity contribution is 0.419. The van der Waals surface area contributed by atoms with E-state index in [1.165, 1.54) is 11.1 Å². The Morgan fingerprint density at radius 2 is 1.89 bits per heavy atom. The lowest BCUT2D eigenvalue weighted by Crippen LogP contribution is -2.16. The monoisotopic (exact) mass is 376 g/mol. The Kier molecular flexibility index (Phi) is 4.77. The van der Waals surface area contributed by atoms with E-state index in [1.807, 2.05) is 36.0 Å². The maximum atomic E-state index is 5.49. The molecular formula is C22H24N4O2. The van der Waals surface area contributed by atoms with E-state index in [1.54, 1.807) is 7.11 Å². The number of aromatic nitrogens is 3. The van der Waals surface area contributed by atoms with Gasteiger partial charge in [0, 0.05) is 30.8 Å². The standard InChI is InChI=1S/C22H24N4O2/c1-14-20(15(2)26(3)24-14)17(16-9-6-5-7-10-16)13-23-22-21-18(27-4)11-8-12-19(21)28-25-22/h5-12,17H,13H2,1-4H3,(H,23,25). The van der Waals surface area contributed by atoms with Gasteiger partial charge in [-0.25, -0.2) is 0 Å². The molecule has 0 radical (unpaired) electrons. The third-order valence-corrected chi connectivity index (χ3v) is 5.27. The van der Waals surface area contributed by atoms with Gasteiger partial charge in [0.2, 0.25) is 0 Å². The van der Waals surface area contributed by atoms with Crippen molar-refractivity contribution in [3.63, 3.8) is 0 Å². The number of nitrogens with zero attached hydrogens (tertiary/aromatic N) is 3. The van der Waals surface area contributed by atoms with Crippen LogP contribution in [0.15, 0.2) is 53.1 Å². The second-order valence-corrected chi connectivity index (χ2v) is 6.92. The highest BCUT2D eigenvalue weighted by Crippen LogP contribution is 2.34. The second-order valence-electron chi connectivity index (χ2n) is 6.92. The molecule has 2 aromatic heterocycles. The first kappa shape index (κ1) is 18.1. The molecule has 0 bridgehead atoms. The van der Waals surface area contributed by atoms with Gasteiger partial charge >= 0.3 is 0 Å². The number of fused-ring (bicyclic) bond motifs is 1. The summed E-state index contributed by atoms with van der Waals surface area (Å²) in [7, 11) is 3.64. The van der Waals surface area contributed by atoms with Crippen LogP contribution >= 0.6 is 0 Å². The predicted octanol–water partition coefficient (Wildman–Crippen LogP) is 4.43. The van der Waals surface area contributed by atoms with E-state index in [4.69, 9.17) is 9.26 Å². The maximum absolute atomic E-state index is 5.49. The fourth-order valence-electron chi connectivity index (χ4n) is 3.82. The van der Waals surface area contributed by atoms with Crippen molar-refractivity contribution < 1.29 is 9.26 Å². The van der Waals surface area contributed by atoms with Crippen LogP contribution in [0.25, 0.3) is 11.0 Å². The molecule has 4 aromatic rings. The number of nitrogens with one attached hydrogen (secondary N) is 1. The van der Waals surface area contributed by atoms with E-state index in [2.05, 4.69) is 53.7 Å². The highest BCUT2D eigenvalue weighted by atomic mass is 16.5. The Hall–Kier alpha value is -3.28. The molecule has 0 aliphatic carbocycles. The molecule has 1 atom stereocenters. The zero-order chi connectivity index (χ0) is 19.7. The molecule has 0 amide bonds. The summed E-state index contributed by atoms with van der Waals surface area (Å²) in [4.78, 5) is 0. The summed E-state index contributed by atoms with van der Waals surface area (Å²) < 4.78 is 12.9. The second kappa shape index (κ2) is 7.38. The molecule has 0 aliphatic rings. The van der Waals surface area contributed by atoms with Gasteiger partial charge in [0.05, 0.1) is 12.8 Å². The van der Waals surface area contributed by atoms with Crippen LogP contribution in [0, 0.1) is 13.8 Å². The van der Waals surface area contributed by atoms with Gasteiger partial charge in [0.25, 0.3) is 0 Å². The fraction of sp³-hybridized carbons (Fsp3) is 0.273. The Bertz CT molecular complexity index is 1100. The van der Waals surface area contributed by atoms with Gasteiger partial charge in [0.15, 0.2) is 11.4 Å². The lowest BCUT2D eigenvalue weighted by Gasteiger charge is -2.19. The normalized spacial score (nSPS) is 12.3. The van der Waals surface area contributed by atoms with Gasteiger partial charge in [-0.3, -0.25) is 4.68 Å². The van der Waals surface area contributed by atoms with E-state index < -0.39 is 0 Å². The van der Waals surface area contributed by atoms with Crippen LogP contribution in [0.4, 0.5) is 5.82 Å². The highest BCUT2D eigenvalue weighted by Gasteiger charge is 2.23. The number of aryl methyl sites for hydroxylation is 2. The Labute approximate surface area is 164 Å². The minimum absolute atomic E-state index is 0.136. The van der Waals surface area contributed by atoms with E-state index in [-0.39, 0.29) is 5.92 Å². The number of methoxy groups -OCH3 is 1. The van der Waals surface area contributed by atoms with Crippen molar-refractivity contribution in [2.45, 2.75) is 19.8 Å². The first-order valence-electron chi connectivity index (χ1n) is 9.31. The van der Waals surface area contributed by atoms with Crippen molar-refractivity contribution in [1.82, 2.24) is 14.9 Å². The quantitative estimate of drug-likeness (QED) is 0.539. The summed E-state index contributed by atoms with van der Waals surface area (Å²) in [5, 5.41) is 13.2. The van der Waals surface area contributed by atoms with E-state index in [9.17, 15) is 0 Å². The van der Waals surface area contributed by atoms with Crippen LogP contribution in [0.3, 0.4) is 0 Å². The summed E-state index contributed by atoms with van der Waals surface area (Å²) in [6, 6.07) is 16.2. The van der Waals surface area contributed by atoms with Crippen LogP contribution < -0.4 is 10.1 Å². The Morgan fingerprint density at radius 3 is 2.57 bits per heavy atom. The number of hydrogen-bond donors (Lipinski definition) is 1. The highest BCUT2D eigenvalue weighted by molar-refractivity contribution is 5.93. The average Bonchev–Trinajstić information content (AvgIpc) is 3.24. The molecule has 6 nitrogen and oxygen atoms in total. The number of anilines is 1. The summed E-state index contributed by atoms with van der Waals surface area (Å²) >= 11 is 0. The van der Waals surface area contributed by atoms with Gasteiger partial charge in [-0.05, 0) is 31.5 Å². The molecule has 2 aromatic carbocycles. The first-order chi connectivity index (χ1) is 13.6. The number of rotatable bonds is 6. The molecule has 0 saturated heterocycles. The number of benzene rings is 2. The Morgan fingerprint density at radius 1 is 1.11 bits per heavy atom. The summed E-state index contributed by atoms with van der Waals surface area (Å²) in [6.45, 7) is 4.84. The molecule has 6 heteroatoms. The predicted molar refractivity (Wildman–Crippen MR) is 110 cm³/mol. The molecule has 1 unspecified atom stereocenters. The Balaban J connectivity index is 1.72. The van der Waals surface area contributed by atoms with Gasteiger partial charge in [-0.1, -0.05) is 41.6 Å². The summed E-state index contributed by atoms with van der Waals surface area (Å²) in [5.41, 5.74) is 5.37. The van der Waals surface area contributed by atoms with Crippen LogP contribution in [-0.4, -0.2) is 28.6 Å². The lowest BCUT2D eigenvalue weighted by atomic mass is 9.89. The van der Waals surface area contributed by atoms with E-state index >= 15 is 0 Å². The fourth-order valence-corrected chi connectivity index (χ4v) is 3.82. The van der Waals surface area contributed by atoms with Crippen molar-refractivity contribution in [3.05, 3.63) is 71.0 Å². The average molecular weight is 376 g/mol. The van der Waals surface area contributed by atoms with Crippen molar-refractivity contribution >= 4 is 16.8 Å². The largest absolute Gasteiger partial charge is 0.496 e. The van der Waals surface area contributed by atoms with Gasteiger partial charge in [-0.15, -0.1) is 0 Å². The molecule has 0 spiro atoms. The summed E-state index contributed by atoms with van der Waals surface area (Å²) in [5.74, 6) is 1.56. The van der Waals surface area contributed by atoms with Crippen molar-refractivity contribution in [2.75, 3.05) is 19.0 Å². The number of ether oxygens (including phenoxy) is 1. The SMILES string of the molecule is COc1cccc2onc(NCC(c3ccccc3)c3c(C)nn(C)c3C)c12. The van der Waals surface area contributed by atoms with Crippen LogP contribution in [-0.2, 0) is 7.05 Å². The minimum atomic E-state index is 0.136. The zero-order valence-corrected chi connectivity index (χ0v) is 16.6. The molecule has 0 saturated carbocycles. The van der Waals surface area contributed by atoms with Gasteiger partial charge < -0.3 is 14.6 Å². The number of hydrogen-bond acceptors (Lipinski definition) is 5. The molecule has 0 aliphatic heterocycles. The van der Waals surface area contributed by atoms with Crippen molar-refractivity contribution in [3.8, 4) is 5.75 Å². The van der Waals surface area contributed by atoms with Crippen LogP contribution in [0.5, 0.6) is 5.75 Å². The third kappa shape index (κ3) is 3.11. The van der Waals surface area contributed by atoms with Crippen LogP contribution in [0.2, 0.25) is 0 Å². The molecule has 4 rings (SSSR count). The molecule has 2 heterocycles. The van der Waals surface area contributed by atoms with Gasteiger partial charge in [-0.2, -0.15) is 5.10 Å². The topological polar surface area (TPSA) is 65.1 Å².